The first-order chi connectivity index (χ1) is 20.8. The molecule has 222 valence electrons. The largest absolute Gasteiger partial charge is 0.378 e. The van der Waals surface area contributed by atoms with Crippen LogP contribution in [-0.4, -0.2) is 44.6 Å². The van der Waals surface area contributed by atoms with Crippen LogP contribution >= 0.6 is 0 Å². The van der Waals surface area contributed by atoms with Crippen LogP contribution in [0.15, 0.2) is 0 Å². The molecule has 4 nitrogen and oxygen atoms in total. The Labute approximate surface area is 262 Å². The molecule has 4 heteroatoms. The van der Waals surface area contributed by atoms with Crippen LogP contribution in [0, 0.1) is 125 Å². The quantitative estimate of drug-likeness (QED) is 0.431. The van der Waals surface area contributed by atoms with Gasteiger partial charge in [0.1, 0.15) is 0 Å². The van der Waals surface area contributed by atoms with E-state index in [-0.39, 0.29) is 12.1 Å². The van der Waals surface area contributed by atoms with Crippen LogP contribution in [-0.2, 0) is 9.47 Å². The monoisotopic (exact) mass is 572 g/mol. The Balaban J connectivity index is 0.000000290. The highest BCUT2D eigenvalue weighted by atomic mass is 16.5. The molecule has 4 rings (SSSR count). The minimum Gasteiger partial charge on any atom is -0.378 e. The Hall–Kier alpha value is -4.12. The summed E-state index contributed by atoms with van der Waals surface area (Å²) in [5.74, 6) is 36.1. The zero-order valence-corrected chi connectivity index (χ0v) is 26.2. The molecule has 0 aromatic rings. The van der Waals surface area contributed by atoms with Gasteiger partial charge in [-0.05, 0) is 154 Å². The Kier molecular flexibility index (Phi) is 18.5. The maximum atomic E-state index is 6.14. The lowest BCUT2D eigenvalue weighted by atomic mass is 9.67. The van der Waals surface area contributed by atoms with Crippen LogP contribution < -0.4 is 11.1 Å². The normalized spacial score (nSPS) is 24.1. The van der Waals surface area contributed by atoms with E-state index in [1.54, 1.807) is 6.92 Å². The molecule has 3 N–H and O–H groups in total. The van der Waals surface area contributed by atoms with E-state index in [0.29, 0.717) is 16.9 Å². The van der Waals surface area contributed by atoms with E-state index in [2.05, 4.69) is 115 Å². The Morgan fingerprint density at radius 2 is 1.05 bits per heavy atom. The molecule has 0 aromatic carbocycles. The fourth-order valence-electron chi connectivity index (χ4n) is 5.71. The molecule has 0 amide bonds. The molecule has 3 heterocycles. The molecule has 0 radical (unpaired) electrons. The molecular weight excluding hydrogens is 528 g/mol. The van der Waals surface area contributed by atoms with Crippen LogP contribution in [0.4, 0.5) is 0 Å². The summed E-state index contributed by atoms with van der Waals surface area (Å²) in [6.07, 6.45) is 24.7. The molecule has 3 aliphatic heterocycles. The van der Waals surface area contributed by atoms with Gasteiger partial charge in [-0.1, -0.05) is 32.1 Å². The lowest BCUT2D eigenvalue weighted by molar-refractivity contribution is 0.0926. The van der Waals surface area contributed by atoms with Crippen LogP contribution in [0.3, 0.4) is 0 Å². The van der Waals surface area contributed by atoms with Crippen molar-refractivity contribution in [1.29, 1.82) is 0 Å². The maximum Gasteiger partial charge on any atom is 0.0704 e. The Morgan fingerprint density at radius 3 is 1.44 bits per heavy atom. The summed E-state index contributed by atoms with van der Waals surface area (Å²) in [4.78, 5) is 0. The summed E-state index contributed by atoms with van der Waals surface area (Å²) in [5, 5.41) is 3.36. The summed E-state index contributed by atoms with van der Waals surface area (Å²) in [6, 6.07) is 0.250. The van der Waals surface area contributed by atoms with E-state index in [9.17, 15) is 0 Å². The minimum atomic E-state index is 0.250. The fourth-order valence-corrected chi connectivity index (χ4v) is 5.71. The molecule has 1 aliphatic carbocycles. The van der Waals surface area contributed by atoms with Crippen molar-refractivity contribution in [3.05, 3.63) is 0 Å². The first kappa shape index (κ1) is 36.9. The van der Waals surface area contributed by atoms with Crippen molar-refractivity contribution in [2.24, 2.45) is 22.5 Å². The maximum absolute atomic E-state index is 6.14. The molecule has 0 unspecified atom stereocenters. The third-order valence-corrected chi connectivity index (χ3v) is 8.50. The van der Waals surface area contributed by atoms with Crippen molar-refractivity contribution in [3.8, 4) is 108 Å². The van der Waals surface area contributed by atoms with Gasteiger partial charge < -0.3 is 20.5 Å². The molecule has 4 aliphatic rings. The van der Waals surface area contributed by atoms with Crippen molar-refractivity contribution < 1.29 is 9.47 Å². The molecule has 43 heavy (non-hydrogen) atoms. The van der Waals surface area contributed by atoms with Crippen LogP contribution in [0.2, 0.25) is 0 Å². The van der Waals surface area contributed by atoms with Gasteiger partial charge in [0.2, 0.25) is 0 Å². The van der Waals surface area contributed by atoms with Crippen molar-refractivity contribution in [2.75, 3.05) is 26.3 Å². The van der Waals surface area contributed by atoms with E-state index in [1.165, 1.54) is 44.9 Å². The number of nitrogens with one attached hydrogen (secondary N) is 1. The van der Waals surface area contributed by atoms with Gasteiger partial charge in [-0.3, -0.25) is 0 Å². The predicted octanol–water partition coefficient (Wildman–Crippen LogP) is 4.01. The molecule has 4 fully saturated rings. The third-order valence-electron chi connectivity index (χ3n) is 8.50. The van der Waals surface area contributed by atoms with Crippen molar-refractivity contribution in [2.45, 2.75) is 90.9 Å². The van der Waals surface area contributed by atoms with Gasteiger partial charge >= 0.3 is 0 Å². The predicted molar refractivity (Wildman–Crippen MR) is 177 cm³/mol. The van der Waals surface area contributed by atoms with Gasteiger partial charge in [-0.25, -0.2) is 0 Å². The van der Waals surface area contributed by atoms with Crippen molar-refractivity contribution in [1.82, 2.24) is 5.32 Å². The van der Waals surface area contributed by atoms with Gasteiger partial charge in [0, 0.05) is 11.5 Å². The summed E-state index contributed by atoms with van der Waals surface area (Å²) in [6.45, 7) is 12.5. The van der Waals surface area contributed by atoms with E-state index >= 15 is 0 Å². The summed E-state index contributed by atoms with van der Waals surface area (Å²) in [5.41, 5.74) is 7.01. The highest BCUT2D eigenvalue weighted by Gasteiger charge is 2.46. The first-order valence-corrected chi connectivity index (χ1v) is 14.8. The number of rotatable bonds is 0. The number of hydrogen-bond acceptors (Lipinski definition) is 4. The second kappa shape index (κ2) is 21.6. The zero-order valence-electron chi connectivity index (χ0n) is 26.2. The lowest BCUT2D eigenvalue weighted by Crippen LogP contribution is -2.49. The van der Waals surface area contributed by atoms with E-state index in [0.717, 1.165) is 32.2 Å². The lowest BCUT2D eigenvalue weighted by Gasteiger charge is -2.36. The van der Waals surface area contributed by atoms with E-state index < -0.39 is 0 Å². The summed E-state index contributed by atoms with van der Waals surface area (Å²) >= 11 is 0. The first-order valence-electron chi connectivity index (χ1n) is 14.8. The molecule has 0 bridgehead atoms. The number of ether oxygens (including phenoxy) is 2. The SMILES string of the molecule is C#CC#CC#CC#CC.C#CC#CC#CC#CC#C.C[C@@H]1OCC2(CCCCC2)[C@@H]1C.C[C@@H]1OCC2(CCNCC2)[C@@H]1N. The van der Waals surface area contributed by atoms with Crippen molar-refractivity contribution in [3.63, 3.8) is 0 Å². The van der Waals surface area contributed by atoms with E-state index in [4.69, 9.17) is 34.5 Å². The minimum absolute atomic E-state index is 0.250. The molecule has 4 atom stereocenters. The van der Waals surface area contributed by atoms with Crippen molar-refractivity contribution >= 4 is 0 Å². The van der Waals surface area contributed by atoms with E-state index in [1.807, 2.05) is 0 Å². The van der Waals surface area contributed by atoms with Crippen LogP contribution in [0.1, 0.15) is 72.6 Å². The average molecular weight is 573 g/mol. The zero-order chi connectivity index (χ0) is 31.8. The number of nitrogens with two attached hydrogens (primary N) is 1. The Bertz CT molecular complexity index is 1300. The number of hydrogen-bond donors (Lipinski definition) is 2. The van der Waals surface area contributed by atoms with Gasteiger partial charge in [0.25, 0.3) is 0 Å². The fraction of sp³-hybridized carbons (Fsp3) is 0.538. The van der Waals surface area contributed by atoms with Crippen LogP contribution in [0.5, 0.6) is 0 Å². The molecule has 0 aromatic heterocycles. The van der Waals surface area contributed by atoms with Gasteiger partial charge in [-0.15, -0.1) is 19.3 Å². The molecular formula is C39H44N2O2. The second-order valence-corrected chi connectivity index (χ2v) is 10.9. The number of piperidine rings is 1. The average Bonchev–Trinajstić information content (AvgIpc) is 3.46. The number of terminal acetylenes is 3. The second-order valence-electron chi connectivity index (χ2n) is 10.9. The van der Waals surface area contributed by atoms with Gasteiger partial charge in [0.05, 0.1) is 25.4 Å². The molecule has 3 saturated heterocycles. The highest BCUT2D eigenvalue weighted by molar-refractivity contribution is 5.41. The smallest absolute Gasteiger partial charge is 0.0704 e. The third kappa shape index (κ3) is 13.2. The van der Waals surface area contributed by atoms with Gasteiger partial charge in [-0.2, -0.15) is 0 Å². The standard InChI is InChI=1S/C11H20O.C10H2.C9H18N2O.C9H4/c1-9-10(2)12-8-11(9)6-4-3-5-7-11;1-3-5-7-9-10-8-6-4-2;1-7-8(10)9(6-12-7)2-4-11-5-3-9;1-3-5-7-9-8-6-4-2/h9-10H,3-8H2,1-2H3;1-2H;7-8,11H,2-6,10H2,1H3;1H,2H3/t9-,10+;;7-,8+;/m1.0./s1. The molecule has 1 saturated carbocycles. The topological polar surface area (TPSA) is 56.5 Å². The van der Waals surface area contributed by atoms with Gasteiger partial charge in [0.15, 0.2) is 0 Å². The van der Waals surface area contributed by atoms with Crippen LogP contribution in [0.25, 0.3) is 0 Å². The summed E-state index contributed by atoms with van der Waals surface area (Å²) < 4.78 is 11.4. The Morgan fingerprint density at radius 1 is 0.605 bits per heavy atom. The molecule has 2 spiro atoms. The summed E-state index contributed by atoms with van der Waals surface area (Å²) in [7, 11) is 0. The highest BCUT2D eigenvalue weighted by Crippen LogP contribution is 2.48.